The van der Waals surface area contributed by atoms with Crippen LogP contribution in [-0.2, 0) is 6.42 Å². The Labute approximate surface area is 92.2 Å². The molecule has 1 aromatic rings. The zero-order chi connectivity index (χ0) is 12.1. The van der Waals surface area contributed by atoms with E-state index in [4.69, 9.17) is 10.5 Å². The van der Waals surface area contributed by atoms with E-state index < -0.39 is 17.5 Å². The second-order valence-electron chi connectivity index (χ2n) is 3.41. The van der Waals surface area contributed by atoms with E-state index in [-0.39, 0.29) is 17.7 Å². The molecule has 0 saturated carbocycles. The number of ether oxygens (including phenoxy) is 1. The summed E-state index contributed by atoms with van der Waals surface area (Å²) >= 11 is 0. The molecule has 0 unspecified atom stereocenters. The fraction of sp³-hybridized carbons (Fsp3) is 0.455. The average molecular weight is 233 g/mol. The van der Waals surface area contributed by atoms with Crippen LogP contribution in [0.5, 0.6) is 5.75 Å². The molecule has 0 fully saturated rings. The van der Waals surface area contributed by atoms with E-state index in [0.29, 0.717) is 25.5 Å². The van der Waals surface area contributed by atoms with E-state index in [9.17, 15) is 13.2 Å². The van der Waals surface area contributed by atoms with Gasteiger partial charge >= 0.3 is 0 Å². The minimum atomic E-state index is -1.19. The normalized spacial score (nSPS) is 10.6. The molecule has 5 heteroatoms. The van der Waals surface area contributed by atoms with Gasteiger partial charge in [-0.1, -0.05) is 0 Å². The first-order valence-electron chi connectivity index (χ1n) is 5.02. The van der Waals surface area contributed by atoms with E-state index >= 15 is 0 Å². The maximum atomic E-state index is 13.4. The highest BCUT2D eigenvalue weighted by molar-refractivity contribution is 5.37. The quantitative estimate of drug-likeness (QED) is 0.626. The van der Waals surface area contributed by atoms with Crippen molar-refractivity contribution in [2.75, 3.05) is 13.7 Å². The van der Waals surface area contributed by atoms with E-state index in [1.165, 1.54) is 7.11 Å². The zero-order valence-electron chi connectivity index (χ0n) is 9.03. The van der Waals surface area contributed by atoms with Gasteiger partial charge in [0.2, 0.25) is 0 Å². The number of nitrogens with two attached hydrogens (primary N) is 1. The first-order valence-corrected chi connectivity index (χ1v) is 5.02. The van der Waals surface area contributed by atoms with Crippen molar-refractivity contribution in [1.82, 2.24) is 0 Å². The van der Waals surface area contributed by atoms with Gasteiger partial charge in [-0.3, -0.25) is 0 Å². The maximum absolute atomic E-state index is 13.4. The lowest BCUT2D eigenvalue weighted by Gasteiger charge is -2.11. The van der Waals surface area contributed by atoms with Crippen LogP contribution in [0.1, 0.15) is 18.4 Å². The van der Waals surface area contributed by atoms with Crippen molar-refractivity contribution in [3.05, 3.63) is 29.1 Å². The number of benzene rings is 1. The fourth-order valence-electron chi connectivity index (χ4n) is 1.52. The largest absolute Gasteiger partial charge is 0.493 e. The average Bonchev–Trinajstić information content (AvgIpc) is 2.25. The predicted molar refractivity (Wildman–Crippen MR) is 54.9 cm³/mol. The van der Waals surface area contributed by atoms with Crippen molar-refractivity contribution >= 4 is 0 Å². The lowest BCUT2D eigenvalue weighted by Crippen LogP contribution is -2.04. The molecule has 0 radical (unpaired) electrons. The van der Waals surface area contributed by atoms with Gasteiger partial charge in [0.1, 0.15) is 0 Å². The lowest BCUT2D eigenvalue weighted by atomic mass is 10.1. The first kappa shape index (κ1) is 12.8. The molecule has 0 heterocycles. The molecule has 0 saturated heterocycles. The molecular weight excluding hydrogens is 219 g/mol. The summed E-state index contributed by atoms with van der Waals surface area (Å²) in [4.78, 5) is 0. The maximum Gasteiger partial charge on any atom is 0.168 e. The molecule has 2 N–H and O–H groups in total. The Morgan fingerprint density at radius 3 is 2.44 bits per heavy atom. The van der Waals surface area contributed by atoms with Crippen LogP contribution < -0.4 is 10.5 Å². The molecule has 0 atom stereocenters. The number of hydrogen-bond donors (Lipinski definition) is 1. The van der Waals surface area contributed by atoms with Gasteiger partial charge in [-0.25, -0.2) is 13.2 Å². The number of hydrogen-bond acceptors (Lipinski definition) is 2. The van der Waals surface area contributed by atoms with Gasteiger partial charge in [-0.15, -0.1) is 0 Å². The zero-order valence-corrected chi connectivity index (χ0v) is 9.03. The third-order valence-electron chi connectivity index (χ3n) is 2.30. The van der Waals surface area contributed by atoms with Crippen molar-refractivity contribution in [1.29, 1.82) is 0 Å². The van der Waals surface area contributed by atoms with E-state index in [1.54, 1.807) is 0 Å². The van der Waals surface area contributed by atoms with Gasteiger partial charge in [-0.2, -0.15) is 0 Å². The number of halogens is 3. The predicted octanol–water partition coefficient (Wildman–Crippen LogP) is 2.39. The Kier molecular flexibility index (Phi) is 4.61. The van der Waals surface area contributed by atoms with Crippen molar-refractivity contribution in [3.8, 4) is 5.75 Å². The lowest BCUT2D eigenvalue weighted by molar-refractivity contribution is 0.367. The highest BCUT2D eigenvalue weighted by atomic mass is 19.2. The molecular formula is C11H14F3NO. The third-order valence-corrected chi connectivity index (χ3v) is 2.30. The van der Waals surface area contributed by atoms with Crippen LogP contribution in [0.4, 0.5) is 13.2 Å². The molecule has 1 aromatic carbocycles. The van der Waals surface area contributed by atoms with Crippen LogP contribution in [0.15, 0.2) is 6.07 Å². The summed E-state index contributed by atoms with van der Waals surface area (Å²) in [5.74, 6) is -3.35. The summed E-state index contributed by atoms with van der Waals surface area (Å²) in [5, 5.41) is 0. The third kappa shape index (κ3) is 2.66. The summed E-state index contributed by atoms with van der Waals surface area (Å²) in [6.45, 7) is 0.460. The smallest absolute Gasteiger partial charge is 0.168 e. The summed E-state index contributed by atoms with van der Waals surface area (Å²) < 4.78 is 44.3. The van der Waals surface area contributed by atoms with Gasteiger partial charge in [0.25, 0.3) is 0 Å². The summed E-state index contributed by atoms with van der Waals surface area (Å²) in [6.07, 6.45) is 1.44. The molecule has 0 aliphatic carbocycles. The van der Waals surface area contributed by atoms with E-state index in [2.05, 4.69) is 0 Å². The highest BCUT2D eigenvalue weighted by Gasteiger charge is 2.18. The van der Waals surface area contributed by atoms with Gasteiger partial charge in [0.05, 0.1) is 7.11 Å². The first-order chi connectivity index (χ1) is 7.61. The number of rotatable bonds is 5. The van der Waals surface area contributed by atoms with Gasteiger partial charge in [0.15, 0.2) is 23.2 Å². The Hall–Kier alpha value is -1.23. The monoisotopic (exact) mass is 233 g/mol. The number of methoxy groups -OCH3 is 1. The Bertz CT molecular complexity index is 369. The van der Waals surface area contributed by atoms with Gasteiger partial charge < -0.3 is 10.5 Å². The van der Waals surface area contributed by atoms with Crippen LogP contribution in [0.3, 0.4) is 0 Å². The van der Waals surface area contributed by atoms with Crippen LogP contribution in [0.25, 0.3) is 0 Å². The standard InChI is InChI=1S/C11H14F3NO/c1-16-11-7(4-2-3-5-15)10(14)8(12)6-9(11)13/h6H,2-5,15H2,1H3. The second kappa shape index (κ2) is 5.75. The van der Waals surface area contributed by atoms with Crippen molar-refractivity contribution < 1.29 is 17.9 Å². The fourth-order valence-corrected chi connectivity index (χ4v) is 1.52. The molecule has 1 rings (SSSR count). The minimum Gasteiger partial charge on any atom is -0.493 e. The summed E-state index contributed by atoms with van der Waals surface area (Å²) in [7, 11) is 1.22. The Morgan fingerprint density at radius 2 is 1.88 bits per heavy atom. The molecule has 0 aliphatic rings. The molecule has 0 aliphatic heterocycles. The van der Waals surface area contributed by atoms with Crippen LogP contribution in [0, 0.1) is 17.5 Å². The second-order valence-corrected chi connectivity index (χ2v) is 3.41. The molecule has 90 valence electrons. The molecule has 0 bridgehead atoms. The van der Waals surface area contributed by atoms with Crippen molar-refractivity contribution in [2.24, 2.45) is 5.73 Å². The van der Waals surface area contributed by atoms with Crippen molar-refractivity contribution in [3.63, 3.8) is 0 Å². The van der Waals surface area contributed by atoms with Crippen molar-refractivity contribution in [2.45, 2.75) is 19.3 Å². The minimum absolute atomic E-state index is 0.0616. The SMILES string of the molecule is COc1c(F)cc(F)c(F)c1CCCCN. The Morgan fingerprint density at radius 1 is 1.19 bits per heavy atom. The van der Waals surface area contributed by atoms with E-state index in [0.717, 1.165) is 0 Å². The molecule has 0 aromatic heterocycles. The molecule has 0 spiro atoms. The van der Waals surface area contributed by atoms with Gasteiger partial charge in [0, 0.05) is 11.6 Å². The topological polar surface area (TPSA) is 35.2 Å². The highest BCUT2D eigenvalue weighted by Crippen LogP contribution is 2.28. The van der Waals surface area contributed by atoms with Crippen LogP contribution in [-0.4, -0.2) is 13.7 Å². The summed E-state index contributed by atoms with van der Waals surface area (Å²) in [5.41, 5.74) is 5.23. The van der Waals surface area contributed by atoms with E-state index in [1.807, 2.05) is 0 Å². The molecule has 16 heavy (non-hydrogen) atoms. The summed E-state index contributed by atoms with van der Waals surface area (Å²) in [6, 6.07) is 0.487. The van der Waals surface area contributed by atoms with Crippen LogP contribution in [0.2, 0.25) is 0 Å². The molecule has 2 nitrogen and oxygen atoms in total. The van der Waals surface area contributed by atoms with Gasteiger partial charge in [-0.05, 0) is 25.8 Å². The van der Waals surface area contributed by atoms with Crippen LogP contribution >= 0.6 is 0 Å². The number of unbranched alkanes of at least 4 members (excludes halogenated alkanes) is 1. The Balaban J connectivity index is 3.02. The molecule has 0 amide bonds.